The lowest BCUT2D eigenvalue weighted by Crippen LogP contribution is -2.30. The maximum Gasteiger partial charge on any atom is 0.329 e. The summed E-state index contributed by atoms with van der Waals surface area (Å²) in [5, 5.41) is 2.53. The van der Waals surface area contributed by atoms with Gasteiger partial charge in [-0.25, -0.2) is 9.18 Å². The smallest absolute Gasteiger partial charge is 0.329 e. The van der Waals surface area contributed by atoms with Crippen LogP contribution in [-0.4, -0.2) is 23.4 Å². The highest BCUT2D eigenvalue weighted by atomic mass is 19.1. The van der Waals surface area contributed by atoms with Gasteiger partial charge in [0, 0.05) is 12.1 Å². The summed E-state index contributed by atoms with van der Waals surface area (Å²) in [6.45, 7) is 3.81. The molecule has 5 nitrogen and oxygen atoms in total. The normalized spacial score (nSPS) is 15.3. The first kappa shape index (κ1) is 17.4. The zero-order chi connectivity index (χ0) is 18.5. The molecule has 26 heavy (non-hydrogen) atoms. The fourth-order valence-electron chi connectivity index (χ4n) is 2.47. The molecular weight excluding hydrogens is 335 g/mol. The Hall–Kier alpha value is -3.41. The Labute approximate surface area is 150 Å². The van der Waals surface area contributed by atoms with Crippen LogP contribution in [-0.2, 0) is 11.4 Å². The number of carbonyl (C=O) groups excluding carboxylic acids is 2. The van der Waals surface area contributed by atoms with Crippen LogP contribution in [0.3, 0.4) is 0 Å². The van der Waals surface area contributed by atoms with E-state index in [0.29, 0.717) is 11.3 Å². The van der Waals surface area contributed by atoms with Gasteiger partial charge in [0.25, 0.3) is 5.91 Å². The molecule has 1 N–H and O–H groups in total. The summed E-state index contributed by atoms with van der Waals surface area (Å²) in [5.74, 6) is -0.131. The zero-order valence-corrected chi connectivity index (χ0v) is 13.9. The number of hydrogen-bond donors (Lipinski definition) is 1. The maximum atomic E-state index is 13.6. The Bertz CT molecular complexity index is 875. The molecule has 3 rings (SSSR count). The van der Waals surface area contributed by atoms with Gasteiger partial charge in [-0.2, -0.15) is 0 Å². The van der Waals surface area contributed by atoms with E-state index in [0.717, 1.165) is 10.5 Å². The van der Waals surface area contributed by atoms with Crippen LogP contribution < -0.4 is 10.1 Å². The predicted molar refractivity (Wildman–Crippen MR) is 95.6 cm³/mol. The van der Waals surface area contributed by atoms with Gasteiger partial charge in [-0.15, -0.1) is 6.58 Å². The lowest BCUT2D eigenvalue weighted by molar-refractivity contribution is -0.122. The number of urea groups is 1. The van der Waals surface area contributed by atoms with E-state index in [1.165, 1.54) is 12.1 Å². The molecule has 6 heteroatoms. The van der Waals surface area contributed by atoms with Crippen molar-refractivity contribution in [2.75, 3.05) is 6.54 Å². The Morgan fingerprint density at radius 1 is 1.12 bits per heavy atom. The molecule has 0 aliphatic carbocycles. The topological polar surface area (TPSA) is 58.6 Å². The third kappa shape index (κ3) is 3.80. The van der Waals surface area contributed by atoms with Gasteiger partial charge in [-0.05, 0) is 29.8 Å². The van der Waals surface area contributed by atoms with Crippen LogP contribution in [0, 0.1) is 5.82 Å². The lowest BCUT2D eigenvalue weighted by atomic mass is 10.2. The van der Waals surface area contributed by atoms with Crippen LogP contribution >= 0.6 is 0 Å². The Balaban J connectivity index is 1.66. The summed E-state index contributed by atoms with van der Waals surface area (Å²) < 4.78 is 19.1. The molecule has 1 saturated heterocycles. The average molecular weight is 352 g/mol. The Morgan fingerprint density at radius 2 is 1.85 bits per heavy atom. The van der Waals surface area contributed by atoms with Crippen molar-refractivity contribution in [3.05, 3.63) is 83.8 Å². The summed E-state index contributed by atoms with van der Waals surface area (Å²) in [5.41, 5.74) is 1.41. The minimum Gasteiger partial charge on any atom is -0.489 e. The second-order valence-corrected chi connectivity index (χ2v) is 5.64. The third-order valence-electron chi connectivity index (χ3n) is 3.82. The fourth-order valence-corrected chi connectivity index (χ4v) is 2.47. The molecular formula is C20H17FN2O3. The number of rotatable bonds is 6. The van der Waals surface area contributed by atoms with Gasteiger partial charge in [-0.1, -0.05) is 36.4 Å². The quantitative estimate of drug-likeness (QED) is 0.492. The first-order valence-corrected chi connectivity index (χ1v) is 8.00. The molecule has 0 unspecified atom stereocenters. The SMILES string of the molecule is C=CCN1C(=O)N/C(=C/c2ccc(OCc3ccccc3F)cc2)C1=O. The Morgan fingerprint density at radius 3 is 2.54 bits per heavy atom. The summed E-state index contributed by atoms with van der Waals surface area (Å²) in [6.07, 6.45) is 3.08. The van der Waals surface area contributed by atoms with Gasteiger partial charge < -0.3 is 10.1 Å². The lowest BCUT2D eigenvalue weighted by Gasteiger charge is -2.07. The van der Waals surface area contributed by atoms with E-state index in [1.807, 2.05) is 0 Å². The number of nitrogens with one attached hydrogen (secondary N) is 1. The number of hydrogen-bond acceptors (Lipinski definition) is 3. The van der Waals surface area contributed by atoms with Crippen molar-refractivity contribution in [2.45, 2.75) is 6.61 Å². The standard InChI is InChI=1S/C20H17FN2O3/c1-2-11-23-19(24)18(22-20(23)25)12-14-7-9-16(10-8-14)26-13-15-5-3-4-6-17(15)21/h2-10,12H,1,11,13H2,(H,22,25)/b18-12+. The molecule has 1 aliphatic rings. The molecule has 3 amide bonds. The molecule has 1 aliphatic heterocycles. The summed E-state index contributed by atoms with van der Waals surface area (Å²) in [4.78, 5) is 24.9. The molecule has 0 bridgehead atoms. The molecule has 2 aromatic rings. The van der Waals surface area contributed by atoms with E-state index >= 15 is 0 Å². The number of nitrogens with zero attached hydrogens (tertiary/aromatic N) is 1. The minimum absolute atomic E-state index is 0.123. The molecule has 0 spiro atoms. The van der Waals surface area contributed by atoms with Gasteiger partial charge >= 0.3 is 6.03 Å². The number of amides is 3. The highest BCUT2D eigenvalue weighted by Gasteiger charge is 2.32. The highest BCUT2D eigenvalue weighted by molar-refractivity contribution is 6.14. The van der Waals surface area contributed by atoms with Gasteiger partial charge in [-0.3, -0.25) is 9.69 Å². The number of imide groups is 1. The Kier molecular flexibility index (Phi) is 5.12. The van der Waals surface area contributed by atoms with E-state index in [2.05, 4.69) is 11.9 Å². The molecule has 0 saturated carbocycles. The second kappa shape index (κ2) is 7.65. The van der Waals surface area contributed by atoms with Crippen LogP contribution in [0.5, 0.6) is 5.75 Å². The molecule has 0 aromatic heterocycles. The van der Waals surface area contributed by atoms with Crippen LogP contribution in [0.15, 0.2) is 66.9 Å². The van der Waals surface area contributed by atoms with Crippen molar-refractivity contribution < 1.29 is 18.7 Å². The van der Waals surface area contributed by atoms with Gasteiger partial charge in [0.2, 0.25) is 0 Å². The molecule has 1 fully saturated rings. The van der Waals surface area contributed by atoms with Crippen molar-refractivity contribution in [1.29, 1.82) is 0 Å². The monoisotopic (exact) mass is 352 g/mol. The van der Waals surface area contributed by atoms with Crippen molar-refractivity contribution in [1.82, 2.24) is 10.2 Å². The minimum atomic E-state index is -0.467. The highest BCUT2D eigenvalue weighted by Crippen LogP contribution is 2.18. The molecule has 132 valence electrons. The molecule has 2 aromatic carbocycles. The zero-order valence-electron chi connectivity index (χ0n) is 13.9. The van der Waals surface area contributed by atoms with E-state index in [1.54, 1.807) is 48.5 Å². The summed E-state index contributed by atoms with van der Waals surface area (Å²) in [6, 6.07) is 12.9. The van der Waals surface area contributed by atoms with Crippen LogP contribution in [0.1, 0.15) is 11.1 Å². The molecule has 0 radical (unpaired) electrons. The maximum absolute atomic E-state index is 13.6. The predicted octanol–water partition coefficient (Wildman–Crippen LogP) is 3.48. The van der Waals surface area contributed by atoms with E-state index < -0.39 is 11.9 Å². The second-order valence-electron chi connectivity index (χ2n) is 5.64. The molecule has 1 heterocycles. The van der Waals surface area contributed by atoms with Crippen molar-refractivity contribution >= 4 is 18.0 Å². The van der Waals surface area contributed by atoms with Crippen LogP contribution in [0.25, 0.3) is 6.08 Å². The number of benzene rings is 2. The first-order valence-electron chi connectivity index (χ1n) is 8.00. The summed E-state index contributed by atoms with van der Waals surface area (Å²) >= 11 is 0. The summed E-state index contributed by atoms with van der Waals surface area (Å²) in [7, 11) is 0. The van der Waals surface area contributed by atoms with E-state index in [9.17, 15) is 14.0 Å². The third-order valence-corrected chi connectivity index (χ3v) is 3.82. The van der Waals surface area contributed by atoms with Crippen LogP contribution in [0.2, 0.25) is 0 Å². The van der Waals surface area contributed by atoms with Gasteiger partial charge in [0.1, 0.15) is 23.9 Å². The van der Waals surface area contributed by atoms with Crippen molar-refractivity contribution in [3.8, 4) is 5.75 Å². The first-order chi connectivity index (χ1) is 12.6. The average Bonchev–Trinajstić information content (AvgIpc) is 2.90. The van der Waals surface area contributed by atoms with E-state index in [-0.39, 0.29) is 24.7 Å². The number of halogens is 1. The van der Waals surface area contributed by atoms with Gasteiger partial charge in [0.15, 0.2) is 0 Å². The molecule has 0 atom stereocenters. The van der Waals surface area contributed by atoms with Gasteiger partial charge in [0.05, 0.1) is 0 Å². The number of ether oxygens (including phenoxy) is 1. The van der Waals surface area contributed by atoms with Crippen molar-refractivity contribution in [3.63, 3.8) is 0 Å². The van der Waals surface area contributed by atoms with Crippen LogP contribution in [0.4, 0.5) is 9.18 Å². The number of carbonyl (C=O) groups is 2. The van der Waals surface area contributed by atoms with Crippen molar-refractivity contribution in [2.24, 2.45) is 0 Å². The largest absolute Gasteiger partial charge is 0.489 e. The fraction of sp³-hybridized carbons (Fsp3) is 0.100. The van der Waals surface area contributed by atoms with E-state index in [4.69, 9.17) is 4.74 Å².